The monoisotopic (exact) mass is 827 g/mol. The molecule has 302 valence electrons. The number of para-hydroxylation sites is 6. The minimum Gasteiger partial charge on any atom is -0.309 e. The van der Waals surface area contributed by atoms with Crippen molar-refractivity contribution in [1.29, 1.82) is 0 Å². The van der Waals surface area contributed by atoms with Gasteiger partial charge in [0, 0.05) is 60.0 Å². The molecule has 0 fully saturated rings. The van der Waals surface area contributed by atoms with Crippen LogP contribution in [-0.4, -0.2) is 23.7 Å². The molecule has 0 radical (unpaired) electrons. The van der Waals surface area contributed by atoms with Crippen LogP contribution in [0.25, 0.3) is 127 Å². The number of rotatable bonds is 5. The molecule has 0 spiro atoms. The molecule has 0 aliphatic carbocycles. The predicted molar refractivity (Wildman–Crippen MR) is 271 cm³/mol. The molecule has 5 nitrogen and oxygen atoms in total. The average molecular weight is 828 g/mol. The van der Waals surface area contributed by atoms with Crippen LogP contribution in [-0.2, 0) is 0 Å². The van der Waals surface area contributed by atoms with Crippen LogP contribution in [0, 0.1) is 0 Å². The van der Waals surface area contributed by atoms with Crippen molar-refractivity contribution in [3.05, 3.63) is 224 Å². The van der Waals surface area contributed by atoms with Gasteiger partial charge < -0.3 is 9.13 Å². The van der Waals surface area contributed by atoms with E-state index in [0.717, 1.165) is 66.4 Å². The van der Waals surface area contributed by atoms with Gasteiger partial charge in [-0.1, -0.05) is 152 Å². The Hall–Kier alpha value is -8.80. The van der Waals surface area contributed by atoms with Crippen molar-refractivity contribution >= 4 is 87.1 Å². The lowest BCUT2D eigenvalue weighted by molar-refractivity contribution is 1.01. The fourth-order valence-electron chi connectivity index (χ4n) is 10.6. The van der Waals surface area contributed by atoms with Gasteiger partial charge in [-0.25, -0.2) is 9.97 Å². The Bertz CT molecular complexity index is 4230. The number of aromatic nitrogens is 5. The maximum Gasteiger partial charge on any atom is 0.235 e. The van der Waals surface area contributed by atoms with Crippen LogP contribution in [0.3, 0.4) is 0 Å². The topological polar surface area (TPSA) is 40.6 Å². The van der Waals surface area contributed by atoms with Gasteiger partial charge in [0.15, 0.2) is 0 Å². The summed E-state index contributed by atoms with van der Waals surface area (Å²) in [6.45, 7) is 0. The Labute approximate surface area is 373 Å². The summed E-state index contributed by atoms with van der Waals surface area (Å²) in [6, 6.07) is 80.8. The third kappa shape index (κ3) is 5.27. The number of hydrogen-bond donors (Lipinski definition) is 0. The van der Waals surface area contributed by atoms with E-state index in [1.807, 2.05) is 0 Å². The Kier molecular flexibility index (Phi) is 7.62. The molecular weight excluding hydrogens is 791 g/mol. The number of hydrogen-bond acceptors (Lipinski definition) is 2. The molecule has 0 amide bonds. The molecule has 0 bridgehead atoms. The van der Waals surface area contributed by atoms with Gasteiger partial charge in [-0.15, -0.1) is 0 Å². The second-order valence-electron chi connectivity index (χ2n) is 16.9. The van der Waals surface area contributed by atoms with E-state index in [1.165, 1.54) is 54.4 Å². The zero-order valence-corrected chi connectivity index (χ0v) is 35.1. The molecule has 10 aromatic carbocycles. The van der Waals surface area contributed by atoms with Crippen molar-refractivity contribution in [3.8, 4) is 39.7 Å². The lowest BCUT2D eigenvalue weighted by Crippen LogP contribution is -2.03. The summed E-state index contributed by atoms with van der Waals surface area (Å²) < 4.78 is 7.05. The normalized spacial score (nSPS) is 12.0. The molecule has 0 saturated heterocycles. The van der Waals surface area contributed by atoms with E-state index in [-0.39, 0.29) is 0 Å². The van der Waals surface area contributed by atoms with E-state index < -0.39 is 0 Å². The summed E-state index contributed by atoms with van der Waals surface area (Å²) in [7, 11) is 0. The van der Waals surface area contributed by atoms with Gasteiger partial charge in [-0.3, -0.25) is 4.57 Å². The summed E-state index contributed by atoms with van der Waals surface area (Å²) in [4.78, 5) is 10.9. The standard InChI is InChI=1S/C60H37N5/c1-3-17-40(18-4-1)63-53-28-14-11-23-44(53)50-35-39(32-34-56(50)63)58-48-26-9-13-27-52(48)61-60(62-58)65-55-30-16-10-22-43(55)46-33-31-38(36-57(46)65)49-37-51-45-24-12-15-29-54(45)64(41-19-5-2-6-20-41)59(51)47-25-8-7-21-42(47)49/h1-37H. The summed E-state index contributed by atoms with van der Waals surface area (Å²) in [6.07, 6.45) is 0. The first-order valence-corrected chi connectivity index (χ1v) is 22.2. The van der Waals surface area contributed by atoms with Gasteiger partial charge in [-0.05, 0) is 89.3 Å². The molecule has 4 heterocycles. The van der Waals surface area contributed by atoms with Crippen molar-refractivity contribution in [3.63, 3.8) is 0 Å². The van der Waals surface area contributed by atoms with E-state index in [1.54, 1.807) is 0 Å². The van der Waals surface area contributed by atoms with Crippen LogP contribution < -0.4 is 0 Å². The Morgan fingerprint density at radius 1 is 0.277 bits per heavy atom. The van der Waals surface area contributed by atoms with Crippen molar-refractivity contribution in [1.82, 2.24) is 23.7 Å². The summed E-state index contributed by atoms with van der Waals surface area (Å²) in [5.74, 6) is 0.639. The number of fused-ring (bicyclic) bond motifs is 12. The van der Waals surface area contributed by atoms with E-state index in [2.05, 4.69) is 238 Å². The van der Waals surface area contributed by atoms with Crippen molar-refractivity contribution in [2.24, 2.45) is 0 Å². The van der Waals surface area contributed by atoms with Gasteiger partial charge in [-0.2, -0.15) is 0 Å². The quantitative estimate of drug-likeness (QED) is 0.173. The van der Waals surface area contributed by atoms with E-state index >= 15 is 0 Å². The minimum absolute atomic E-state index is 0.639. The lowest BCUT2D eigenvalue weighted by Gasteiger charge is -2.14. The third-order valence-corrected chi connectivity index (χ3v) is 13.4. The molecule has 4 aromatic heterocycles. The minimum atomic E-state index is 0.639. The highest BCUT2D eigenvalue weighted by atomic mass is 15.2. The van der Waals surface area contributed by atoms with Crippen LogP contribution in [0.1, 0.15) is 0 Å². The van der Waals surface area contributed by atoms with Crippen molar-refractivity contribution in [2.45, 2.75) is 0 Å². The largest absolute Gasteiger partial charge is 0.309 e. The fourth-order valence-corrected chi connectivity index (χ4v) is 10.6. The molecule has 0 saturated carbocycles. The first-order chi connectivity index (χ1) is 32.3. The van der Waals surface area contributed by atoms with E-state index in [9.17, 15) is 0 Å². The molecule has 5 heteroatoms. The molecule has 14 rings (SSSR count). The highest BCUT2D eigenvalue weighted by Gasteiger charge is 2.22. The maximum atomic E-state index is 5.57. The average Bonchev–Trinajstić information content (AvgIpc) is 4.01. The maximum absolute atomic E-state index is 5.57. The Morgan fingerprint density at radius 2 is 0.785 bits per heavy atom. The molecular formula is C60H37N5. The Balaban J connectivity index is 1.01. The van der Waals surface area contributed by atoms with Gasteiger partial charge in [0.1, 0.15) is 0 Å². The molecule has 0 N–H and O–H groups in total. The lowest BCUT2D eigenvalue weighted by atomic mass is 9.94. The molecule has 0 aliphatic heterocycles. The highest BCUT2D eigenvalue weighted by Crippen LogP contribution is 2.43. The van der Waals surface area contributed by atoms with Gasteiger partial charge in [0.25, 0.3) is 0 Å². The third-order valence-electron chi connectivity index (χ3n) is 13.4. The second-order valence-corrected chi connectivity index (χ2v) is 16.9. The van der Waals surface area contributed by atoms with Crippen LogP contribution in [0.15, 0.2) is 224 Å². The predicted octanol–water partition coefficient (Wildman–Crippen LogP) is 15.4. The molecule has 0 atom stereocenters. The molecule has 0 unspecified atom stereocenters. The second kappa shape index (κ2) is 13.9. The van der Waals surface area contributed by atoms with Crippen molar-refractivity contribution in [2.75, 3.05) is 0 Å². The summed E-state index contributed by atoms with van der Waals surface area (Å²) in [5.41, 5.74) is 14.3. The van der Waals surface area contributed by atoms with E-state index in [0.29, 0.717) is 5.95 Å². The van der Waals surface area contributed by atoms with Gasteiger partial charge >= 0.3 is 0 Å². The van der Waals surface area contributed by atoms with E-state index in [4.69, 9.17) is 9.97 Å². The van der Waals surface area contributed by atoms with Crippen molar-refractivity contribution < 1.29 is 0 Å². The van der Waals surface area contributed by atoms with Crippen LogP contribution in [0.5, 0.6) is 0 Å². The van der Waals surface area contributed by atoms with Crippen LogP contribution >= 0.6 is 0 Å². The first kappa shape index (κ1) is 35.8. The fraction of sp³-hybridized carbons (Fsp3) is 0. The molecule has 0 aliphatic rings. The smallest absolute Gasteiger partial charge is 0.235 e. The summed E-state index contributed by atoms with van der Waals surface area (Å²) in [5, 5.41) is 10.6. The SMILES string of the molecule is c1ccc(-n2c3ccccc3c3cc(-c4nc(-n5c6ccccc6c6ccc(-c7cc8c9ccccc9n(-c9ccccc9)c8c8ccccc78)cc65)nc5ccccc45)ccc32)cc1. The number of benzene rings is 10. The zero-order valence-electron chi connectivity index (χ0n) is 35.1. The van der Waals surface area contributed by atoms with Gasteiger partial charge in [0.05, 0.1) is 44.3 Å². The summed E-state index contributed by atoms with van der Waals surface area (Å²) >= 11 is 0. The Morgan fingerprint density at radius 3 is 1.51 bits per heavy atom. The first-order valence-electron chi connectivity index (χ1n) is 22.2. The molecule has 14 aromatic rings. The molecule has 65 heavy (non-hydrogen) atoms. The number of nitrogens with zero attached hydrogens (tertiary/aromatic N) is 5. The van der Waals surface area contributed by atoms with Crippen LogP contribution in [0.4, 0.5) is 0 Å². The zero-order chi connectivity index (χ0) is 42.6. The highest BCUT2D eigenvalue weighted by molar-refractivity contribution is 6.22. The van der Waals surface area contributed by atoms with Crippen LogP contribution in [0.2, 0.25) is 0 Å². The van der Waals surface area contributed by atoms with Gasteiger partial charge in [0.2, 0.25) is 5.95 Å².